The molecule has 0 spiro atoms. The average molecular weight is 387 g/mol. The van der Waals surface area contributed by atoms with Crippen molar-refractivity contribution in [1.82, 2.24) is 0 Å². The van der Waals surface area contributed by atoms with E-state index in [0.717, 1.165) is 5.56 Å². The molecular weight excluding hydrogens is 363 g/mol. The van der Waals surface area contributed by atoms with Crippen molar-refractivity contribution >= 4 is 11.6 Å². The highest BCUT2D eigenvalue weighted by Crippen LogP contribution is 2.25. The molecule has 148 valence electrons. The van der Waals surface area contributed by atoms with E-state index in [-0.39, 0.29) is 17.1 Å². The number of hydrogen-bond acceptors (Lipinski definition) is 1. The van der Waals surface area contributed by atoms with E-state index in [4.69, 9.17) is 0 Å². The quantitative estimate of drug-likeness (QED) is 0.420. The van der Waals surface area contributed by atoms with Crippen LogP contribution in [0.3, 0.4) is 0 Å². The van der Waals surface area contributed by atoms with E-state index in [1.54, 1.807) is 63.2 Å². The van der Waals surface area contributed by atoms with Gasteiger partial charge in [-0.25, -0.2) is 13.2 Å². The van der Waals surface area contributed by atoms with Crippen molar-refractivity contribution in [3.63, 3.8) is 0 Å². The minimum absolute atomic E-state index is 0.0195. The molecule has 0 atom stereocenters. The fraction of sp³-hybridized carbons (Fsp3) is 0.261. The molecule has 0 aromatic heterocycles. The van der Waals surface area contributed by atoms with E-state index in [1.807, 2.05) is 0 Å². The third kappa shape index (κ3) is 5.59. The molecule has 0 aliphatic heterocycles. The fourth-order valence-corrected chi connectivity index (χ4v) is 2.91. The van der Waals surface area contributed by atoms with Gasteiger partial charge in [0.05, 0.1) is 5.57 Å². The first-order valence-electron chi connectivity index (χ1n) is 9.12. The van der Waals surface area contributed by atoms with Gasteiger partial charge < -0.3 is 5.32 Å². The molecule has 0 saturated carbocycles. The number of amides is 1. The van der Waals surface area contributed by atoms with Crippen molar-refractivity contribution < 1.29 is 18.0 Å². The number of carbonyl (C=O) groups excluding carboxylic acids is 1. The van der Waals surface area contributed by atoms with Crippen LogP contribution in [0.15, 0.2) is 72.1 Å². The maximum Gasteiger partial charge on any atom is 0.264 e. The molecule has 2 nitrogen and oxygen atoms in total. The summed E-state index contributed by atoms with van der Waals surface area (Å²) in [5.74, 6) is -1.34. The summed E-state index contributed by atoms with van der Waals surface area (Å²) in [4.78, 5) is 12.4. The van der Waals surface area contributed by atoms with Gasteiger partial charge in [-0.3, -0.25) is 4.79 Å². The summed E-state index contributed by atoms with van der Waals surface area (Å²) < 4.78 is 40.4. The Kier molecular flexibility index (Phi) is 7.61. The zero-order valence-corrected chi connectivity index (χ0v) is 16.2. The van der Waals surface area contributed by atoms with Crippen LogP contribution in [-0.4, -0.2) is 5.91 Å². The summed E-state index contributed by atoms with van der Waals surface area (Å²) in [5.41, 5.74) is 2.01. The Balaban J connectivity index is 2.15. The van der Waals surface area contributed by atoms with E-state index >= 15 is 0 Å². The van der Waals surface area contributed by atoms with Gasteiger partial charge in [0.15, 0.2) is 0 Å². The molecule has 0 bridgehead atoms. The van der Waals surface area contributed by atoms with Gasteiger partial charge in [-0.1, -0.05) is 56.3 Å². The second-order valence-electron chi connectivity index (χ2n) is 6.74. The number of rotatable bonds is 7. The number of allylic oxidation sites excluding steroid dienone is 3. The van der Waals surface area contributed by atoms with Gasteiger partial charge in [0.2, 0.25) is 0 Å². The van der Waals surface area contributed by atoms with E-state index in [9.17, 15) is 18.0 Å². The zero-order chi connectivity index (χ0) is 20.7. The summed E-state index contributed by atoms with van der Waals surface area (Å²) in [6.45, 7) is 5.18. The van der Waals surface area contributed by atoms with E-state index in [0.29, 0.717) is 17.7 Å². The summed E-state index contributed by atoms with van der Waals surface area (Å²) in [6.07, 6.45) is 0.639. The first-order valence-corrected chi connectivity index (χ1v) is 9.12. The molecule has 0 unspecified atom stereocenters. The van der Waals surface area contributed by atoms with Crippen molar-refractivity contribution in [2.45, 2.75) is 33.6 Å². The van der Waals surface area contributed by atoms with Crippen molar-refractivity contribution in [3.05, 3.63) is 88.8 Å². The predicted octanol–water partition coefficient (Wildman–Crippen LogP) is 6.61. The number of benzene rings is 2. The Morgan fingerprint density at radius 3 is 2.29 bits per heavy atom. The van der Waals surface area contributed by atoms with Crippen LogP contribution in [0.25, 0.3) is 0 Å². The molecular formula is C23H24F3NO. The number of alkyl halides is 2. The summed E-state index contributed by atoms with van der Waals surface area (Å²) in [5, 5.41) is 2.69. The highest BCUT2D eigenvalue weighted by atomic mass is 19.3. The lowest BCUT2D eigenvalue weighted by Gasteiger charge is -2.13. The van der Waals surface area contributed by atoms with Crippen molar-refractivity contribution in [2.75, 3.05) is 5.32 Å². The van der Waals surface area contributed by atoms with Crippen LogP contribution in [0.4, 0.5) is 18.9 Å². The van der Waals surface area contributed by atoms with Gasteiger partial charge in [0, 0.05) is 11.3 Å². The van der Waals surface area contributed by atoms with Crippen LogP contribution in [0, 0.1) is 5.92 Å². The molecule has 2 aromatic carbocycles. The fourth-order valence-electron chi connectivity index (χ4n) is 2.91. The van der Waals surface area contributed by atoms with Crippen LogP contribution in [-0.2, 0) is 11.2 Å². The molecule has 1 amide bonds. The normalized spacial score (nSPS) is 12.6. The molecule has 0 fully saturated rings. The maximum atomic E-state index is 14.2. The Bertz CT molecular complexity index is 868. The van der Waals surface area contributed by atoms with Crippen molar-refractivity contribution in [2.24, 2.45) is 5.92 Å². The van der Waals surface area contributed by atoms with Crippen LogP contribution >= 0.6 is 0 Å². The second kappa shape index (κ2) is 9.93. The first-order chi connectivity index (χ1) is 13.3. The number of hydrogen-bond donors (Lipinski definition) is 1. The molecule has 0 radical (unpaired) electrons. The Morgan fingerprint density at radius 2 is 1.71 bits per heavy atom. The molecule has 0 aliphatic rings. The number of nitrogens with one attached hydrogen (secondary N) is 1. The minimum atomic E-state index is -2.52. The smallest absolute Gasteiger partial charge is 0.264 e. The predicted molar refractivity (Wildman–Crippen MR) is 107 cm³/mol. The number of anilines is 1. The Labute approximate surface area is 163 Å². The molecule has 0 aliphatic carbocycles. The van der Waals surface area contributed by atoms with E-state index in [1.165, 1.54) is 18.2 Å². The third-order valence-electron chi connectivity index (χ3n) is 4.29. The van der Waals surface area contributed by atoms with Crippen LogP contribution in [0.2, 0.25) is 0 Å². The second-order valence-corrected chi connectivity index (χ2v) is 6.74. The summed E-state index contributed by atoms with van der Waals surface area (Å²) in [6, 6.07) is 13.3. The third-order valence-corrected chi connectivity index (χ3v) is 4.29. The first kappa shape index (κ1) is 21.5. The van der Waals surface area contributed by atoms with Gasteiger partial charge in [0.1, 0.15) is 5.83 Å². The SMILES string of the molecule is CC=CC(F)=C(C(=O)Nc1ccc(Cc2ccccc2C(F)F)cc1)C(C)C. The molecule has 0 heterocycles. The van der Waals surface area contributed by atoms with Gasteiger partial charge in [-0.05, 0) is 48.6 Å². The monoisotopic (exact) mass is 387 g/mol. The minimum Gasteiger partial charge on any atom is -0.322 e. The van der Waals surface area contributed by atoms with Gasteiger partial charge in [-0.15, -0.1) is 0 Å². The Morgan fingerprint density at radius 1 is 1.07 bits per heavy atom. The lowest BCUT2D eigenvalue weighted by Crippen LogP contribution is -2.19. The maximum absolute atomic E-state index is 14.2. The van der Waals surface area contributed by atoms with Gasteiger partial charge in [-0.2, -0.15) is 0 Å². The Hall–Kier alpha value is -2.82. The van der Waals surface area contributed by atoms with Crippen LogP contribution in [0.1, 0.15) is 43.9 Å². The highest BCUT2D eigenvalue weighted by molar-refractivity contribution is 6.04. The topological polar surface area (TPSA) is 29.1 Å². The molecule has 0 saturated heterocycles. The molecule has 2 aromatic rings. The lowest BCUT2D eigenvalue weighted by atomic mass is 9.99. The standard InChI is InChI=1S/C23H24F3NO/c1-4-7-20(24)21(15(2)3)23(28)27-18-12-10-16(11-13-18)14-17-8-5-6-9-19(17)22(25)26/h4-13,15,22H,14H2,1-3H3,(H,27,28). The van der Waals surface area contributed by atoms with E-state index in [2.05, 4.69) is 5.32 Å². The molecule has 1 N–H and O–H groups in total. The number of halogens is 3. The molecule has 28 heavy (non-hydrogen) atoms. The molecule has 2 rings (SSSR count). The van der Waals surface area contributed by atoms with Crippen molar-refractivity contribution in [1.29, 1.82) is 0 Å². The zero-order valence-electron chi connectivity index (χ0n) is 16.2. The van der Waals surface area contributed by atoms with Gasteiger partial charge in [0.25, 0.3) is 12.3 Å². The van der Waals surface area contributed by atoms with Gasteiger partial charge >= 0.3 is 0 Å². The van der Waals surface area contributed by atoms with Crippen LogP contribution in [0.5, 0.6) is 0 Å². The summed E-state index contributed by atoms with van der Waals surface area (Å²) in [7, 11) is 0. The summed E-state index contributed by atoms with van der Waals surface area (Å²) >= 11 is 0. The molecule has 5 heteroatoms. The van der Waals surface area contributed by atoms with Crippen molar-refractivity contribution in [3.8, 4) is 0 Å². The number of carbonyl (C=O) groups is 1. The largest absolute Gasteiger partial charge is 0.322 e. The average Bonchev–Trinajstić information content (AvgIpc) is 2.63. The lowest BCUT2D eigenvalue weighted by molar-refractivity contribution is -0.113. The van der Waals surface area contributed by atoms with E-state index < -0.39 is 18.2 Å². The highest BCUT2D eigenvalue weighted by Gasteiger charge is 2.18. The van der Waals surface area contributed by atoms with Crippen LogP contribution < -0.4 is 5.32 Å².